The number of carbonyl (C=O) groups is 2. The van der Waals surface area contributed by atoms with Gasteiger partial charge in [0.2, 0.25) is 21.8 Å². The number of nitrogens with zero attached hydrogens (tertiary/aromatic N) is 1. The molecule has 0 aliphatic heterocycles. The number of carbonyl (C=O) groups excluding carboxylic acids is 2. The molecule has 33 heavy (non-hydrogen) atoms. The molecule has 0 bridgehead atoms. The first kappa shape index (κ1) is 26.1. The van der Waals surface area contributed by atoms with Crippen LogP contribution < -0.4 is 14.8 Å². The predicted molar refractivity (Wildman–Crippen MR) is 113 cm³/mol. The fourth-order valence-electron chi connectivity index (χ4n) is 2.76. The Morgan fingerprint density at radius 2 is 1.67 bits per heavy atom. The van der Waals surface area contributed by atoms with Gasteiger partial charge in [0.1, 0.15) is 5.75 Å². The first-order valence-corrected chi connectivity index (χ1v) is 11.4. The number of halogens is 3. The summed E-state index contributed by atoms with van der Waals surface area (Å²) >= 11 is 0. The number of nitrogens with one attached hydrogen (secondary N) is 2. The van der Waals surface area contributed by atoms with Gasteiger partial charge in [-0.3, -0.25) is 9.59 Å². The highest BCUT2D eigenvalue weighted by Crippen LogP contribution is 2.23. The van der Waals surface area contributed by atoms with Crippen molar-refractivity contribution in [2.45, 2.75) is 31.1 Å². The molecule has 0 aliphatic rings. The lowest BCUT2D eigenvalue weighted by Gasteiger charge is -2.21. The van der Waals surface area contributed by atoms with E-state index in [4.69, 9.17) is 0 Å². The summed E-state index contributed by atoms with van der Waals surface area (Å²) in [4.78, 5) is 25.6. The van der Waals surface area contributed by atoms with E-state index in [2.05, 4.69) is 14.8 Å². The van der Waals surface area contributed by atoms with Crippen LogP contribution in [0.2, 0.25) is 0 Å². The van der Waals surface area contributed by atoms with Gasteiger partial charge in [-0.2, -0.15) is 0 Å². The molecule has 0 heterocycles. The minimum absolute atomic E-state index is 0.229. The molecule has 2 aromatic rings. The normalized spacial score (nSPS) is 11.6. The van der Waals surface area contributed by atoms with E-state index in [0.717, 1.165) is 29.8 Å². The summed E-state index contributed by atoms with van der Waals surface area (Å²) in [5, 5.41) is 2.45. The third kappa shape index (κ3) is 9.10. The second kappa shape index (κ2) is 11.7. The van der Waals surface area contributed by atoms with Gasteiger partial charge in [0.05, 0.1) is 11.4 Å². The van der Waals surface area contributed by atoms with E-state index in [9.17, 15) is 31.2 Å². The molecule has 0 saturated carbocycles. The lowest BCUT2D eigenvalue weighted by Crippen LogP contribution is -2.40. The maximum Gasteiger partial charge on any atom is 0.573 e. The van der Waals surface area contributed by atoms with E-state index in [1.807, 2.05) is 37.3 Å². The van der Waals surface area contributed by atoms with E-state index in [-0.39, 0.29) is 30.3 Å². The van der Waals surface area contributed by atoms with Gasteiger partial charge in [0.25, 0.3) is 0 Å². The van der Waals surface area contributed by atoms with Crippen LogP contribution in [-0.2, 0) is 26.2 Å². The monoisotopic (exact) mass is 487 g/mol. The Bertz CT molecular complexity index is 1030. The zero-order chi connectivity index (χ0) is 24.5. The van der Waals surface area contributed by atoms with Gasteiger partial charge in [-0.1, -0.05) is 30.3 Å². The molecular formula is C21H24F3N3O5S. The first-order chi connectivity index (χ1) is 15.5. The highest BCUT2D eigenvalue weighted by atomic mass is 32.2. The summed E-state index contributed by atoms with van der Waals surface area (Å²) in [6.07, 6.45) is -5.12. The lowest BCUT2D eigenvalue weighted by atomic mass is 10.2. The predicted octanol–water partition coefficient (Wildman–Crippen LogP) is 2.42. The number of amides is 2. The van der Waals surface area contributed by atoms with Crippen LogP contribution in [0.4, 0.5) is 13.2 Å². The second-order valence-electron chi connectivity index (χ2n) is 6.84. The van der Waals surface area contributed by atoms with Gasteiger partial charge < -0.3 is 15.0 Å². The SMILES string of the molecule is CCN(Cc1ccccc1)C(=O)CNC(=O)CCNS(=O)(=O)c1ccc(OC(F)(F)F)cc1. The zero-order valence-electron chi connectivity index (χ0n) is 17.8. The van der Waals surface area contributed by atoms with Crippen molar-refractivity contribution in [3.05, 3.63) is 60.2 Å². The first-order valence-electron chi connectivity index (χ1n) is 9.94. The summed E-state index contributed by atoms with van der Waals surface area (Å²) in [5.74, 6) is -1.37. The van der Waals surface area contributed by atoms with Gasteiger partial charge in [0, 0.05) is 26.1 Å². The van der Waals surface area contributed by atoms with Crippen LogP contribution in [0.1, 0.15) is 18.9 Å². The second-order valence-corrected chi connectivity index (χ2v) is 8.60. The largest absolute Gasteiger partial charge is 0.573 e. The standard InChI is InChI=1S/C21H24F3N3O5S/c1-2-27(15-16-6-4-3-5-7-16)20(29)14-25-19(28)12-13-26-33(30,31)18-10-8-17(9-11-18)32-21(22,23)24/h3-11,26H,2,12-15H2,1H3,(H,25,28). The Balaban J connectivity index is 1.78. The molecule has 180 valence electrons. The number of ether oxygens (including phenoxy) is 1. The van der Waals surface area contributed by atoms with E-state index < -0.39 is 28.0 Å². The average molecular weight is 488 g/mol. The number of sulfonamides is 1. The zero-order valence-corrected chi connectivity index (χ0v) is 18.6. The molecular weight excluding hydrogens is 463 g/mol. The summed E-state index contributed by atoms with van der Waals surface area (Å²) in [6, 6.07) is 13.0. The van der Waals surface area contributed by atoms with Crippen molar-refractivity contribution < 1.29 is 35.9 Å². The number of hydrogen-bond acceptors (Lipinski definition) is 5. The molecule has 0 aromatic heterocycles. The maximum absolute atomic E-state index is 12.3. The third-order valence-corrected chi connectivity index (χ3v) is 5.88. The molecule has 8 nitrogen and oxygen atoms in total. The van der Waals surface area contributed by atoms with Gasteiger partial charge in [-0.15, -0.1) is 13.2 Å². The number of benzene rings is 2. The minimum Gasteiger partial charge on any atom is -0.406 e. The van der Waals surface area contributed by atoms with Crippen LogP contribution in [0.15, 0.2) is 59.5 Å². The molecule has 12 heteroatoms. The fraction of sp³-hybridized carbons (Fsp3) is 0.333. The maximum atomic E-state index is 12.3. The van der Waals surface area contributed by atoms with Crippen molar-refractivity contribution in [1.29, 1.82) is 0 Å². The number of likely N-dealkylation sites (N-methyl/N-ethyl adjacent to an activating group) is 1. The molecule has 2 aromatic carbocycles. The quantitative estimate of drug-likeness (QED) is 0.507. The van der Waals surface area contributed by atoms with Crippen molar-refractivity contribution in [2.75, 3.05) is 19.6 Å². The van der Waals surface area contributed by atoms with E-state index in [1.54, 1.807) is 4.90 Å². The smallest absolute Gasteiger partial charge is 0.406 e. The summed E-state index contributed by atoms with van der Waals surface area (Å²) in [7, 11) is -4.04. The Morgan fingerprint density at radius 1 is 1.03 bits per heavy atom. The van der Waals surface area contributed by atoms with Crippen molar-refractivity contribution in [3.8, 4) is 5.75 Å². The summed E-state index contributed by atoms with van der Waals surface area (Å²) in [6.45, 7) is 2.19. The van der Waals surface area contributed by atoms with Gasteiger partial charge in [-0.25, -0.2) is 13.1 Å². The van der Waals surface area contributed by atoms with E-state index in [1.165, 1.54) is 0 Å². The number of hydrogen-bond donors (Lipinski definition) is 2. The minimum atomic E-state index is -4.89. The molecule has 0 radical (unpaired) electrons. The van der Waals surface area contributed by atoms with Crippen LogP contribution in [-0.4, -0.2) is 51.1 Å². The Labute approximate surface area is 189 Å². The molecule has 2 rings (SSSR count). The highest BCUT2D eigenvalue weighted by Gasteiger charge is 2.31. The average Bonchev–Trinajstić information content (AvgIpc) is 2.75. The van der Waals surface area contributed by atoms with Crippen LogP contribution in [0.5, 0.6) is 5.75 Å². The van der Waals surface area contributed by atoms with E-state index >= 15 is 0 Å². The highest BCUT2D eigenvalue weighted by molar-refractivity contribution is 7.89. The Hall–Kier alpha value is -3.12. The third-order valence-electron chi connectivity index (χ3n) is 4.40. The topological polar surface area (TPSA) is 105 Å². The number of rotatable bonds is 11. The van der Waals surface area contributed by atoms with Gasteiger partial charge in [-0.05, 0) is 36.8 Å². The molecule has 0 aliphatic carbocycles. The van der Waals surface area contributed by atoms with E-state index in [0.29, 0.717) is 13.1 Å². The molecule has 0 saturated heterocycles. The lowest BCUT2D eigenvalue weighted by molar-refractivity contribution is -0.274. The molecule has 0 atom stereocenters. The molecule has 0 spiro atoms. The Kier molecular flexibility index (Phi) is 9.23. The van der Waals surface area contributed by atoms with Crippen LogP contribution in [0, 0.1) is 0 Å². The summed E-state index contributed by atoms with van der Waals surface area (Å²) < 4.78 is 66.8. The number of alkyl halides is 3. The van der Waals surface area contributed by atoms with Crippen molar-refractivity contribution >= 4 is 21.8 Å². The molecule has 2 amide bonds. The van der Waals surface area contributed by atoms with Crippen molar-refractivity contribution in [2.24, 2.45) is 0 Å². The van der Waals surface area contributed by atoms with Crippen LogP contribution in [0.25, 0.3) is 0 Å². The van der Waals surface area contributed by atoms with Crippen LogP contribution in [0.3, 0.4) is 0 Å². The van der Waals surface area contributed by atoms with Gasteiger partial charge in [0.15, 0.2) is 0 Å². The molecule has 2 N–H and O–H groups in total. The summed E-state index contributed by atoms with van der Waals surface area (Å²) in [5.41, 5.74) is 0.950. The van der Waals surface area contributed by atoms with Crippen molar-refractivity contribution in [3.63, 3.8) is 0 Å². The molecule has 0 unspecified atom stereocenters. The van der Waals surface area contributed by atoms with Gasteiger partial charge >= 0.3 is 6.36 Å². The molecule has 0 fully saturated rings. The van der Waals surface area contributed by atoms with Crippen LogP contribution >= 0.6 is 0 Å². The van der Waals surface area contributed by atoms with Crippen molar-refractivity contribution in [1.82, 2.24) is 14.9 Å². The Morgan fingerprint density at radius 3 is 2.24 bits per heavy atom. The fourth-order valence-corrected chi connectivity index (χ4v) is 3.79.